The van der Waals surface area contributed by atoms with Crippen LogP contribution in [0.3, 0.4) is 0 Å². The highest BCUT2D eigenvalue weighted by atomic mass is 16.5. The van der Waals surface area contributed by atoms with E-state index in [1.807, 2.05) is 0 Å². The molecule has 0 bridgehead atoms. The molecule has 1 heterocycles. The molecule has 1 aromatic rings. The van der Waals surface area contributed by atoms with Gasteiger partial charge in [0.1, 0.15) is 6.61 Å². The first-order valence-corrected chi connectivity index (χ1v) is 4.05. The van der Waals surface area contributed by atoms with Gasteiger partial charge in [-0.1, -0.05) is 0 Å². The number of rotatable bonds is 5. The minimum atomic E-state index is -1.10. The second-order valence-corrected chi connectivity index (χ2v) is 2.50. The van der Waals surface area contributed by atoms with Gasteiger partial charge in [0.05, 0.1) is 6.61 Å². The monoisotopic (exact) mass is 197 g/mol. The minimum absolute atomic E-state index is 0.0800. The first kappa shape index (κ1) is 10.5. The van der Waals surface area contributed by atoms with Gasteiger partial charge < -0.3 is 14.6 Å². The number of aromatic nitrogens is 1. The predicted molar refractivity (Wildman–Crippen MR) is 48.6 cm³/mol. The Kier molecular flexibility index (Phi) is 3.87. The molecule has 0 radical (unpaired) electrons. The van der Waals surface area contributed by atoms with Crippen molar-refractivity contribution < 1.29 is 19.4 Å². The molecule has 0 spiro atoms. The van der Waals surface area contributed by atoms with Crippen LogP contribution < -0.4 is 4.74 Å². The van der Waals surface area contributed by atoms with Crippen molar-refractivity contribution in [3.05, 3.63) is 24.0 Å². The van der Waals surface area contributed by atoms with Gasteiger partial charge in [0.2, 0.25) is 0 Å². The molecule has 0 aliphatic carbocycles. The second-order valence-electron chi connectivity index (χ2n) is 2.50. The van der Waals surface area contributed by atoms with E-state index < -0.39 is 5.97 Å². The molecule has 0 unspecified atom stereocenters. The number of nitrogens with zero attached hydrogens (tertiary/aromatic N) is 1. The smallest absolute Gasteiger partial charge is 0.358 e. The predicted octanol–water partition coefficient (Wildman–Crippen LogP) is 0.805. The maximum absolute atomic E-state index is 10.7. The summed E-state index contributed by atoms with van der Waals surface area (Å²) >= 11 is 0. The number of aromatic carboxylic acids is 1. The highest BCUT2D eigenvalue weighted by molar-refractivity contribution is 5.88. The van der Waals surface area contributed by atoms with E-state index in [0.717, 1.165) is 0 Å². The number of pyridine rings is 1. The molecule has 0 atom stereocenters. The van der Waals surface area contributed by atoms with Crippen molar-refractivity contribution in [2.75, 3.05) is 20.3 Å². The van der Waals surface area contributed by atoms with Crippen LogP contribution in [0.25, 0.3) is 0 Å². The van der Waals surface area contributed by atoms with Gasteiger partial charge in [0, 0.05) is 13.3 Å². The third-order valence-corrected chi connectivity index (χ3v) is 1.52. The zero-order valence-corrected chi connectivity index (χ0v) is 7.77. The average molecular weight is 197 g/mol. The van der Waals surface area contributed by atoms with Crippen molar-refractivity contribution in [3.63, 3.8) is 0 Å². The third-order valence-electron chi connectivity index (χ3n) is 1.52. The lowest BCUT2D eigenvalue weighted by atomic mass is 10.3. The Morgan fingerprint density at radius 3 is 3.00 bits per heavy atom. The molecule has 0 aliphatic heterocycles. The number of hydrogen-bond acceptors (Lipinski definition) is 4. The number of carboxylic acids is 1. The van der Waals surface area contributed by atoms with Crippen molar-refractivity contribution in [2.45, 2.75) is 0 Å². The summed E-state index contributed by atoms with van der Waals surface area (Å²) < 4.78 is 9.94. The maximum Gasteiger partial charge on any atom is 0.358 e. The Morgan fingerprint density at radius 2 is 2.36 bits per heavy atom. The molecule has 5 nitrogen and oxygen atoms in total. The van der Waals surface area contributed by atoms with Gasteiger partial charge in [-0.3, -0.25) is 0 Å². The summed E-state index contributed by atoms with van der Waals surface area (Å²) in [5.41, 5.74) is -0.0800. The van der Waals surface area contributed by atoms with Gasteiger partial charge in [0.15, 0.2) is 11.4 Å². The molecule has 0 saturated heterocycles. The van der Waals surface area contributed by atoms with E-state index in [1.54, 1.807) is 19.2 Å². The SMILES string of the molecule is COCCOc1cccnc1C(=O)O. The highest BCUT2D eigenvalue weighted by Crippen LogP contribution is 2.14. The van der Waals surface area contributed by atoms with Crippen LogP contribution in [0.5, 0.6) is 5.75 Å². The molecule has 1 aromatic heterocycles. The molecular formula is C9H11NO4. The largest absolute Gasteiger partial charge is 0.489 e. The quantitative estimate of drug-likeness (QED) is 0.707. The van der Waals surface area contributed by atoms with E-state index in [4.69, 9.17) is 14.6 Å². The number of methoxy groups -OCH3 is 1. The minimum Gasteiger partial charge on any atom is -0.489 e. The Balaban J connectivity index is 2.69. The van der Waals surface area contributed by atoms with Crippen LogP contribution in [0.2, 0.25) is 0 Å². The topological polar surface area (TPSA) is 68.7 Å². The Labute approximate surface area is 81.3 Å². The maximum atomic E-state index is 10.7. The molecule has 0 aliphatic rings. The summed E-state index contributed by atoms with van der Waals surface area (Å²) in [4.78, 5) is 14.4. The summed E-state index contributed by atoms with van der Waals surface area (Å²) in [5.74, 6) is -0.838. The summed E-state index contributed by atoms with van der Waals surface area (Å²) in [6, 6.07) is 3.18. The van der Waals surface area contributed by atoms with E-state index in [9.17, 15) is 4.79 Å². The van der Waals surface area contributed by atoms with Crippen molar-refractivity contribution >= 4 is 5.97 Å². The van der Waals surface area contributed by atoms with E-state index in [-0.39, 0.29) is 11.4 Å². The summed E-state index contributed by atoms with van der Waals surface area (Å²) in [6.07, 6.45) is 1.41. The van der Waals surface area contributed by atoms with Crippen LogP contribution >= 0.6 is 0 Å². The number of hydrogen-bond donors (Lipinski definition) is 1. The standard InChI is InChI=1S/C9H11NO4/c1-13-5-6-14-7-3-2-4-10-8(7)9(11)12/h2-4H,5-6H2,1H3,(H,11,12). The lowest BCUT2D eigenvalue weighted by molar-refractivity contribution is 0.0682. The fourth-order valence-corrected chi connectivity index (χ4v) is 0.903. The Bertz CT molecular complexity index is 313. The highest BCUT2D eigenvalue weighted by Gasteiger charge is 2.11. The van der Waals surface area contributed by atoms with E-state index in [1.165, 1.54) is 6.20 Å². The normalized spacial score (nSPS) is 9.79. The number of carbonyl (C=O) groups is 1. The molecule has 14 heavy (non-hydrogen) atoms. The Hall–Kier alpha value is -1.62. The summed E-state index contributed by atoms with van der Waals surface area (Å²) in [7, 11) is 1.55. The van der Waals surface area contributed by atoms with Crippen LogP contribution in [-0.2, 0) is 4.74 Å². The van der Waals surface area contributed by atoms with E-state index >= 15 is 0 Å². The number of ether oxygens (including phenoxy) is 2. The van der Waals surface area contributed by atoms with Crippen LogP contribution in [-0.4, -0.2) is 36.4 Å². The summed E-state index contributed by atoms with van der Waals surface area (Å²) in [5, 5.41) is 8.75. The Morgan fingerprint density at radius 1 is 1.57 bits per heavy atom. The first-order chi connectivity index (χ1) is 6.75. The van der Waals surface area contributed by atoms with Crippen molar-refractivity contribution in [1.82, 2.24) is 4.98 Å². The lowest BCUT2D eigenvalue weighted by Gasteiger charge is -2.06. The van der Waals surface area contributed by atoms with Crippen LogP contribution in [0.1, 0.15) is 10.5 Å². The third kappa shape index (κ3) is 2.70. The van der Waals surface area contributed by atoms with Gasteiger partial charge in [0.25, 0.3) is 0 Å². The molecule has 1 rings (SSSR count). The second kappa shape index (κ2) is 5.18. The molecule has 5 heteroatoms. The first-order valence-electron chi connectivity index (χ1n) is 4.05. The zero-order chi connectivity index (χ0) is 10.4. The molecule has 0 saturated carbocycles. The van der Waals surface area contributed by atoms with Crippen molar-refractivity contribution in [2.24, 2.45) is 0 Å². The van der Waals surface area contributed by atoms with Crippen molar-refractivity contribution in [1.29, 1.82) is 0 Å². The molecule has 0 amide bonds. The average Bonchev–Trinajstić information content (AvgIpc) is 2.19. The molecule has 76 valence electrons. The van der Waals surface area contributed by atoms with E-state index in [0.29, 0.717) is 13.2 Å². The van der Waals surface area contributed by atoms with E-state index in [2.05, 4.69) is 4.98 Å². The van der Waals surface area contributed by atoms with Crippen molar-refractivity contribution in [3.8, 4) is 5.75 Å². The number of carboxylic acid groups (broad SMARTS) is 1. The van der Waals surface area contributed by atoms with Gasteiger partial charge in [-0.05, 0) is 12.1 Å². The van der Waals surface area contributed by atoms with Gasteiger partial charge >= 0.3 is 5.97 Å². The fourth-order valence-electron chi connectivity index (χ4n) is 0.903. The van der Waals surface area contributed by atoms with Gasteiger partial charge in [-0.2, -0.15) is 0 Å². The summed E-state index contributed by atoms with van der Waals surface area (Å²) in [6.45, 7) is 0.719. The molecule has 0 aromatic carbocycles. The van der Waals surface area contributed by atoms with Crippen LogP contribution in [0.15, 0.2) is 18.3 Å². The fraction of sp³-hybridized carbons (Fsp3) is 0.333. The van der Waals surface area contributed by atoms with Gasteiger partial charge in [-0.25, -0.2) is 9.78 Å². The lowest BCUT2D eigenvalue weighted by Crippen LogP contribution is -2.09. The molecule has 1 N–H and O–H groups in total. The molecular weight excluding hydrogens is 186 g/mol. The zero-order valence-electron chi connectivity index (χ0n) is 7.77. The van der Waals surface area contributed by atoms with Crippen LogP contribution in [0.4, 0.5) is 0 Å². The molecule has 0 fully saturated rings. The van der Waals surface area contributed by atoms with Crippen LogP contribution in [0, 0.1) is 0 Å². The van der Waals surface area contributed by atoms with Gasteiger partial charge in [-0.15, -0.1) is 0 Å².